The zero-order valence-corrected chi connectivity index (χ0v) is 27.2. The molecule has 0 radical (unpaired) electrons. The van der Waals surface area contributed by atoms with Crippen LogP contribution < -0.4 is 4.90 Å². The van der Waals surface area contributed by atoms with E-state index in [1.165, 1.54) is 10.9 Å². The molecule has 49 heavy (non-hydrogen) atoms. The van der Waals surface area contributed by atoms with Crippen molar-refractivity contribution in [3.8, 4) is 11.1 Å². The number of urea groups is 1. The lowest BCUT2D eigenvalue weighted by Gasteiger charge is -2.37. The number of benzene rings is 4. The van der Waals surface area contributed by atoms with E-state index in [1.54, 1.807) is 48.3 Å². The Morgan fingerprint density at radius 1 is 0.735 bits per heavy atom. The van der Waals surface area contributed by atoms with Gasteiger partial charge < -0.3 is 14.7 Å². The standard InChI is InChI=1S/C39H35F3N6O/c1-45(2)37(49)47-24-22-46(23-25-47)35-20-21-43-34-19-18-28(26-32(34)35)33-27-48(44-36(33)39(40,41)42)38(29-12-6-3-7-13-29,30-14-8-4-9-15-30)31-16-10-5-11-17-31/h3-21,26-27H,22-25H2,1-2H3. The zero-order chi connectivity index (χ0) is 34.2. The Morgan fingerprint density at radius 3 is 1.80 bits per heavy atom. The number of piperazine rings is 1. The number of hydrogen-bond donors (Lipinski definition) is 0. The zero-order valence-electron chi connectivity index (χ0n) is 27.2. The molecule has 0 atom stereocenters. The van der Waals surface area contributed by atoms with E-state index in [4.69, 9.17) is 0 Å². The summed E-state index contributed by atoms with van der Waals surface area (Å²) in [4.78, 5) is 22.6. The predicted octanol–water partition coefficient (Wildman–Crippen LogP) is 7.76. The number of pyridine rings is 1. The van der Waals surface area contributed by atoms with Crippen molar-refractivity contribution in [2.45, 2.75) is 11.7 Å². The summed E-state index contributed by atoms with van der Waals surface area (Å²) < 4.78 is 46.6. The highest BCUT2D eigenvalue weighted by atomic mass is 19.4. The van der Waals surface area contributed by atoms with Crippen LogP contribution in [0.3, 0.4) is 0 Å². The molecule has 0 unspecified atom stereocenters. The first-order valence-corrected chi connectivity index (χ1v) is 16.1. The van der Waals surface area contributed by atoms with Gasteiger partial charge >= 0.3 is 12.2 Å². The first-order valence-electron chi connectivity index (χ1n) is 16.1. The Kier molecular flexibility index (Phi) is 8.32. The van der Waals surface area contributed by atoms with Crippen LogP contribution in [0.25, 0.3) is 22.0 Å². The van der Waals surface area contributed by atoms with Crippen LogP contribution in [-0.4, -0.2) is 70.9 Å². The van der Waals surface area contributed by atoms with E-state index in [0.717, 1.165) is 27.8 Å². The summed E-state index contributed by atoms with van der Waals surface area (Å²) in [7, 11) is 3.46. The summed E-state index contributed by atoms with van der Waals surface area (Å²) in [6.45, 7) is 2.24. The van der Waals surface area contributed by atoms with Crippen molar-refractivity contribution in [3.63, 3.8) is 0 Å². The van der Waals surface area contributed by atoms with Gasteiger partial charge in [0, 0.05) is 69.3 Å². The number of hydrogen-bond acceptors (Lipinski definition) is 4. The minimum atomic E-state index is -4.74. The number of fused-ring (bicyclic) bond motifs is 1. The number of carbonyl (C=O) groups is 1. The van der Waals surface area contributed by atoms with Gasteiger partial charge in [-0.25, -0.2) is 4.79 Å². The van der Waals surface area contributed by atoms with E-state index < -0.39 is 17.4 Å². The van der Waals surface area contributed by atoms with E-state index >= 15 is 13.2 Å². The second-order valence-electron chi connectivity index (χ2n) is 12.4. The molecule has 7 nitrogen and oxygen atoms in total. The van der Waals surface area contributed by atoms with Crippen LogP contribution in [0.2, 0.25) is 0 Å². The minimum Gasteiger partial charge on any atom is -0.367 e. The largest absolute Gasteiger partial charge is 0.435 e. The molecule has 3 heterocycles. The third-order valence-corrected chi connectivity index (χ3v) is 9.20. The number of halogens is 3. The maximum atomic E-state index is 15.1. The third-order valence-electron chi connectivity index (χ3n) is 9.20. The van der Waals surface area contributed by atoms with Gasteiger partial charge in [0.25, 0.3) is 0 Å². The molecule has 1 aliphatic rings. The fraction of sp³-hybridized carbons (Fsp3) is 0.205. The van der Waals surface area contributed by atoms with Gasteiger partial charge in [-0.05, 0) is 40.5 Å². The number of anilines is 1. The topological polar surface area (TPSA) is 57.5 Å². The fourth-order valence-corrected chi connectivity index (χ4v) is 6.90. The van der Waals surface area contributed by atoms with Crippen molar-refractivity contribution in [2.75, 3.05) is 45.2 Å². The minimum absolute atomic E-state index is 0.0298. The Balaban J connectivity index is 1.40. The summed E-state index contributed by atoms with van der Waals surface area (Å²) in [6, 6.07) is 35.6. The summed E-state index contributed by atoms with van der Waals surface area (Å²) in [6.07, 6.45) is -1.50. The van der Waals surface area contributed by atoms with E-state index in [2.05, 4.69) is 15.0 Å². The van der Waals surface area contributed by atoms with Crippen LogP contribution >= 0.6 is 0 Å². The number of amides is 2. The number of carbonyl (C=O) groups excluding carboxylic acids is 1. The third kappa shape index (κ3) is 5.77. The lowest BCUT2D eigenvalue weighted by molar-refractivity contribution is -0.141. The quantitative estimate of drug-likeness (QED) is 0.172. The number of aromatic nitrogens is 3. The monoisotopic (exact) mass is 660 g/mol. The lowest BCUT2D eigenvalue weighted by atomic mass is 9.77. The molecule has 0 saturated carbocycles. The number of nitrogens with zero attached hydrogens (tertiary/aromatic N) is 6. The van der Waals surface area contributed by atoms with E-state index in [9.17, 15) is 4.79 Å². The second-order valence-corrected chi connectivity index (χ2v) is 12.4. The summed E-state index contributed by atoms with van der Waals surface area (Å²) in [5.41, 5.74) is 2.00. The molecular formula is C39H35F3N6O. The van der Waals surface area contributed by atoms with Crippen molar-refractivity contribution in [3.05, 3.63) is 150 Å². The van der Waals surface area contributed by atoms with E-state index in [0.29, 0.717) is 37.3 Å². The summed E-state index contributed by atoms with van der Waals surface area (Å²) in [5.74, 6) is 0. The van der Waals surface area contributed by atoms with Crippen LogP contribution in [0.5, 0.6) is 0 Å². The maximum Gasteiger partial charge on any atom is 0.435 e. The smallest absolute Gasteiger partial charge is 0.367 e. The molecule has 248 valence electrons. The van der Waals surface area contributed by atoms with Gasteiger partial charge in [-0.15, -0.1) is 0 Å². The van der Waals surface area contributed by atoms with Gasteiger partial charge in [-0.1, -0.05) is 97.1 Å². The molecule has 10 heteroatoms. The van der Waals surface area contributed by atoms with Gasteiger partial charge in [-0.3, -0.25) is 9.67 Å². The van der Waals surface area contributed by atoms with Crippen LogP contribution in [0.4, 0.5) is 23.7 Å². The van der Waals surface area contributed by atoms with Gasteiger partial charge in [0.1, 0.15) is 5.54 Å². The molecule has 4 aromatic carbocycles. The molecule has 0 N–H and O–H groups in total. The molecule has 0 bridgehead atoms. The Hall–Kier alpha value is -5.64. The van der Waals surface area contributed by atoms with Gasteiger partial charge in [0.2, 0.25) is 0 Å². The molecule has 0 aliphatic carbocycles. The van der Waals surface area contributed by atoms with Crippen molar-refractivity contribution in [2.24, 2.45) is 0 Å². The summed E-state index contributed by atoms with van der Waals surface area (Å²) >= 11 is 0. The molecule has 2 amide bonds. The van der Waals surface area contributed by atoms with Crippen LogP contribution in [0.1, 0.15) is 22.4 Å². The SMILES string of the molecule is CN(C)C(=O)N1CCN(c2ccnc3ccc(-c4cn(C(c5ccccc5)(c5ccccc5)c5ccccc5)nc4C(F)(F)F)cc23)CC1. The Labute approximate surface area is 282 Å². The molecule has 1 aliphatic heterocycles. The van der Waals surface area contributed by atoms with E-state index in [1.807, 2.05) is 97.1 Å². The molecule has 0 spiro atoms. The van der Waals surface area contributed by atoms with Gasteiger partial charge in [-0.2, -0.15) is 18.3 Å². The fourth-order valence-electron chi connectivity index (χ4n) is 6.90. The number of rotatable bonds is 6. The average Bonchev–Trinajstić information content (AvgIpc) is 3.59. The molecular weight excluding hydrogens is 625 g/mol. The highest BCUT2D eigenvalue weighted by molar-refractivity contribution is 5.95. The normalized spacial score (nSPS) is 13.9. The highest BCUT2D eigenvalue weighted by Gasteiger charge is 2.44. The van der Waals surface area contributed by atoms with Gasteiger partial charge in [0.15, 0.2) is 5.69 Å². The van der Waals surface area contributed by atoms with Crippen molar-refractivity contribution >= 4 is 22.6 Å². The lowest BCUT2D eigenvalue weighted by Crippen LogP contribution is -2.51. The molecule has 2 aromatic heterocycles. The van der Waals surface area contributed by atoms with E-state index in [-0.39, 0.29) is 11.6 Å². The number of alkyl halides is 3. The molecule has 6 aromatic rings. The molecule has 1 fully saturated rings. The first kappa shape index (κ1) is 31.9. The summed E-state index contributed by atoms with van der Waals surface area (Å²) in [5, 5.41) is 5.15. The average molecular weight is 661 g/mol. The van der Waals surface area contributed by atoms with Crippen LogP contribution in [0.15, 0.2) is 128 Å². The van der Waals surface area contributed by atoms with Crippen molar-refractivity contribution in [1.82, 2.24) is 24.6 Å². The maximum absolute atomic E-state index is 15.1. The Bertz CT molecular complexity index is 1980. The first-order chi connectivity index (χ1) is 23.7. The van der Waals surface area contributed by atoms with Gasteiger partial charge in [0.05, 0.1) is 5.52 Å². The second kappa shape index (κ2) is 12.8. The molecule has 7 rings (SSSR count). The Morgan fingerprint density at radius 2 is 1.29 bits per heavy atom. The van der Waals surface area contributed by atoms with Crippen LogP contribution in [0, 0.1) is 0 Å². The van der Waals surface area contributed by atoms with Crippen molar-refractivity contribution in [1.29, 1.82) is 0 Å². The predicted molar refractivity (Wildman–Crippen MR) is 185 cm³/mol. The van der Waals surface area contributed by atoms with Crippen LogP contribution in [-0.2, 0) is 11.7 Å². The van der Waals surface area contributed by atoms with Crippen molar-refractivity contribution < 1.29 is 18.0 Å². The molecule has 1 saturated heterocycles. The highest BCUT2D eigenvalue weighted by Crippen LogP contribution is 2.44.